The van der Waals surface area contributed by atoms with Gasteiger partial charge in [0, 0.05) is 6.54 Å². The lowest BCUT2D eigenvalue weighted by atomic mass is 9.89. The van der Waals surface area contributed by atoms with Crippen molar-refractivity contribution in [3.63, 3.8) is 0 Å². The number of cyclic esters (lactones) is 1. The van der Waals surface area contributed by atoms with Crippen molar-refractivity contribution in [2.24, 2.45) is 11.8 Å². The molecule has 2 bridgehead atoms. The van der Waals surface area contributed by atoms with E-state index in [1.165, 1.54) is 19.3 Å². The highest BCUT2D eigenvalue weighted by atomic mass is 16.6. The van der Waals surface area contributed by atoms with Crippen LogP contribution in [0.4, 0.5) is 4.79 Å². The van der Waals surface area contributed by atoms with Crippen molar-refractivity contribution in [3.05, 3.63) is 0 Å². The first-order chi connectivity index (χ1) is 6.25. The molecule has 3 fully saturated rings. The fourth-order valence-electron chi connectivity index (χ4n) is 3.37. The van der Waals surface area contributed by atoms with E-state index >= 15 is 0 Å². The molecule has 3 aliphatic rings. The first-order valence-corrected chi connectivity index (χ1v) is 5.23. The van der Waals surface area contributed by atoms with Gasteiger partial charge < -0.3 is 9.64 Å². The molecule has 1 aliphatic carbocycles. The predicted octanol–water partition coefficient (Wildman–Crippen LogP) is 1.63. The molecule has 2 heterocycles. The minimum Gasteiger partial charge on any atom is -0.444 e. The second-order valence-corrected chi connectivity index (χ2v) is 4.67. The standard InChI is InChI=1S/C10H15NO2/c1-6-9-8-3-2-7(4-8)5-11(9)10(12)13-6/h6-9H,2-5H2,1H3/t6-,7-,8+,9+/m0/s1. The van der Waals surface area contributed by atoms with Crippen LogP contribution in [0, 0.1) is 11.8 Å². The van der Waals surface area contributed by atoms with E-state index in [1.54, 1.807) is 0 Å². The summed E-state index contributed by atoms with van der Waals surface area (Å²) < 4.78 is 5.25. The van der Waals surface area contributed by atoms with E-state index in [1.807, 2.05) is 11.8 Å². The molecule has 0 N–H and O–H groups in total. The quantitative estimate of drug-likeness (QED) is 0.568. The van der Waals surface area contributed by atoms with Crippen molar-refractivity contribution < 1.29 is 9.53 Å². The largest absolute Gasteiger partial charge is 0.444 e. The van der Waals surface area contributed by atoms with Crippen LogP contribution in [0.1, 0.15) is 26.2 Å². The number of piperidine rings is 1. The zero-order chi connectivity index (χ0) is 9.00. The molecule has 0 radical (unpaired) electrons. The molecule has 0 unspecified atom stereocenters. The Morgan fingerprint density at radius 2 is 2.31 bits per heavy atom. The number of carbonyl (C=O) groups is 1. The molecule has 4 atom stereocenters. The van der Waals surface area contributed by atoms with Gasteiger partial charge in [-0.15, -0.1) is 0 Å². The monoisotopic (exact) mass is 181 g/mol. The van der Waals surface area contributed by atoms with E-state index in [4.69, 9.17) is 4.74 Å². The molecule has 1 amide bonds. The lowest BCUT2D eigenvalue weighted by Crippen LogP contribution is -2.45. The highest BCUT2D eigenvalue weighted by Gasteiger charge is 2.50. The summed E-state index contributed by atoms with van der Waals surface area (Å²) in [6, 6.07) is 0.395. The fraction of sp³-hybridized carbons (Fsp3) is 0.900. The van der Waals surface area contributed by atoms with Crippen LogP contribution in [-0.2, 0) is 4.74 Å². The summed E-state index contributed by atoms with van der Waals surface area (Å²) in [5.74, 6) is 1.49. The number of rotatable bonds is 0. The molecular formula is C10H15NO2. The van der Waals surface area contributed by atoms with Crippen LogP contribution >= 0.6 is 0 Å². The van der Waals surface area contributed by atoms with Gasteiger partial charge in [0.15, 0.2) is 0 Å². The van der Waals surface area contributed by atoms with Crippen molar-refractivity contribution in [1.29, 1.82) is 0 Å². The Hall–Kier alpha value is -0.730. The number of carbonyl (C=O) groups excluding carboxylic acids is 1. The van der Waals surface area contributed by atoms with E-state index in [9.17, 15) is 4.79 Å². The van der Waals surface area contributed by atoms with Crippen molar-refractivity contribution >= 4 is 6.09 Å². The molecule has 72 valence electrons. The van der Waals surface area contributed by atoms with Crippen molar-refractivity contribution in [2.75, 3.05) is 6.54 Å². The van der Waals surface area contributed by atoms with Crippen LogP contribution in [0.25, 0.3) is 0 Å². The van der Waals surface area contributed by atoms with Gasteiger partial charge in [0.1, 0.15) is 6.10 Å². The van der Waals surface area contributed by atoms with E-state index < -0.39 is 0 Å². The van der Waals surface area contributed by atoms with Gasteiger partial charge in [0.25, 0.3) is 0 Å². The van der Waals surface area contributed by atoms with Crippen LogP contribution in [0.3, 0.4) is 0 Å². The predicted molar refractivity (Wildman–Crippen MR) is 47.3 cm³/mol. The minimum absolute atomic E-state index is 0.0749. The summed E-state index contributed by atoms with van der Waals surface area (Å²) in [4.78, 5) is 13.4. The molecule has 13 heavy (non-hydrogen) atoms. The summed E-state index contributed by atoms with van der Waals surface area (Å²) in [6.45, 7) is 2.98. The van der Waals surface area contributed by atoms with Gasteiger partial charge in [0.2, 0.25) is 0 Å². The number of amides is 1. The Morgan fingerprint density at radius 1 is 1.46 bits per heavy atom. The Balaban J connectivity index is 1.92. The summed E-state index contributed by atoms with van der Waals surface area (Å²) >= 11 is 0. The van der Waals surface area contributed by atoms with Crippen molar-refractivity contribution in [1.82, 2.24) is 4.90 Å². The van der Waals surface area contributed by atoms with Crippen LogP contribution in [0.15, 0.2) is 0 Å². The lowest BCUT2D eigenvalue weighted by molar-refractivity contribution is 0.132. The fourth-order valence-corrected chi connectivity index (χ4v) is 3.37. The van der Waals surface area contributed by atoms with Crippen LogP contribution in [0.2, 0.25) is 0 Å². The Kier molecular flexibility index (Phi) is 1.41. The first-order valence-electron chi connectivity index (χ1n) is 5.23. The van der Waals surface area contributed by atoms with Crippen molar-refractivity contribution in [3.8, 4) is 0 Å². The SMILES string of the molecule is C[C@@H]1OC(=O)N2C[C@H]3CC[C@H](C3)[C@@H]12. The van der Waals surface area contributed by atoms with E-state index in [0.29, 0.717) is 6.04 Å². The Bertz CT molecular complexity index is 253. The maximum atomic E-state index is 11.4. The number of ether oxygens (including phenoxy) is 1. The molecule has 1 saturated carbocycles. The molecule has 2 aliphatic heterocycles. The third-order valence-electron chi connectivity index (χ3n) is 3.88. The summed E-state index contributed by atoms with van der Waals surface area (Å²) in [5.41, 5.74) is 0. The second kappa shape index (κ2) is 2.40. The molecule has 0 aromatic carbocycles. The summed E-state index contributed by atoms with van der Waals surface area (Å²) in [6.07, 6.45) is 3.98. The van der Waals surface area contributed by atoms with Gasteiger partial charge in [-0.3, -0.25) is 0 Å². The highest BCUT2D eigenvalue weighted by molar-refractivity contribution is 5.71. The third-order valence-corrected chi connectivity index (χ3v) is 3.88. The average Bonchev–Trinajstić information content (AvgIpc) is 2.58. The summed E-state index contributed by atoms with van der Waals surface area (Å²) in [5, 5.41) is 0. The lowest BCUT2D eigenvalue weighted by Gasteiger charge is -2.33. The molecule has 0 aromatic heterocycles. The molecule has 3 rings (SSSR count). The van der Waals surface area contributed by atoms with Crippen molar-refractivity contribution in [2.45, 2.75) is 38.3 Å². The van der Waals surface area contributed by atoms with E-state index in [2.05, 4.69) is 0 Å². The molecular weight excluding hydrogens is 166 g/mol. The minimum atomic E-state index is -0.0749. The smallest absolute Gasteiger partial charge is 0.410 e. The van der Waals surface area contributed by atoms with E-state index in [-0.39, 0.29) is 12.2 Å². The Labute approximate surface area is 78.0 Å². The highest BCUT2D eigenvalue weighted by Crippen LogP contribution is 2.44. The first kappa shape index (κ1) is 7.65. The van der Waals surface area contributed by atoms with Gasteiger partial charge in [-0.05, 0) is 38.0 Å². The third kappa shape index (κ3) is 0.930. The normalized spacial score (nSPS) is 47.8. The zero-order valence-corrected chi connectivity index (χ0v) is 7.90. The van der Waals surface area contributed by atoms with Gasteiger partial charge in [0.05, 0.1) is 6.04 Å². The van der Waals surface area contributed by atoms with Gasteiger partial charge in [-0.1, -0.05) is 0 Å². The maximum Gasteiger partial charge on any atom is 0.410 e. The van der Waals surface area contributed by atoms with Crippen LogP contribution in [0.5, 0.6) is 0 Å². The molecule has 3 nitrogen and oxygen atoms in total. The molecule has 0 spiro atoms. The number of nitrogens with zero attached hydrogens (tertiary/aromatic N) is 1. The van der Waals surface area contributed by atoms with Gasteiger partial charge in [-0.2, -0.15) is 0 Å². The number of fused-ring (bicyclic) bond motifs is 4. The maximum absolute atomic E-state index is 11.4. The molecule has 2 saturated heterocycles. The van der Waals surface area contributed by atoms with Crippen LogP contribution < -0.4 is 0 Å². The molecule has 3 heteroatoms. The molecule has 0 aromatic rings. The number of hydrogen-bond acceptors (Lipinski definition) is 2. The topological polar surface area (TPSA) is 29.5 Å². The van der Waals surface area contributed by atoms with Gasteiger partial charge in [-0.25, -0.2) is 4.79 Å². The second-order valence-electron chi connectivity index (χ2n) is 4.67. The Morgan fingerprint density at radius 3 is 3.15 bits per heavy atom. The number of hydrogen-bond donors (Lipinski definition) is 0. The average molecular weight is 181 g/mol. The van der Waals surface area contributed by atoms with E-state index in [0.717, 1.165) is 18.4 Å². The van der Waals surface area contributed by atoms with Crippen LogP contribution in [-0.4, -0.2) is 29.7 Å². The summed E-state index contributed by atoms with van der Waals surface area (Å²) in [7, 11) is 0. The van der Waals surface area contributed by atoms with Gasteiger partial charge >= 0.3 is 6.09 Å². The zero-order valence-electron chi connectivity index (χ0n) is 7.90.